The molecule has 0 spiro atoms. The first-order valence-corrected chi connectivity index (χ1v) is 6.60. The van der Waals surface area contributed by atoms with Crippen LogP contribution in [0.2, 0.25) is 0 Å². The number of hydrogen-bond donors (Lipinski definition) is 2. The van der Waals surface area contributed by atoms with Crippen LogP contribution in [0.15, 0.2) is 30.5 Å². The van der Waals surface area contributed by atoms with Gasteiger partial charge in [-0.05, 0) is 11.6 Å². The van der Waals surface area contributed by atoms with E-state index in [1.54, 1.807) is 0 Å². The molecule has 0 unspecified atom stereocenters. The average Bonchev–Trinajstić information content (AvgIpc) is 2.71. The number of aromatic amines is 1. The molecule has 16 heavy (non-hydrogen) atoms. The average molecular weight is 281 g/mol. The van der Waals surface area contributed by atoms with Crippen molar-refractivity contribution in [1.82, 2.24) is 10.3 Å². The summed E-state index contributed by atoms with van der Waals surface area (Å²) in [6, 6.07) is 8.45. The Hall–Kier alpha value is -0.800. The van der Waals surface area contributed by atoms with E-state index in [1.807, 2.05) is 0 Å². The number of para-hydroxylation sites is 1. The van der Waals surface area contributed by atoms with Crippen LogP contribution in [0.5, 0.6) is 0 Å². The lowest BCUT2D eigenvalue weighted by Gasteiger charge is -2.24. The van der Waals surface area contributed by atoms with Crippen LogP contribution >= 0.6 is 15.9 Å². The molecule has 1 heterocycles. The van der Waals surface area contributed by atoms with Gasteiger partial charge in [-0.2, -0.15) is 0 Å². The Kier molecular flexibility index (Phi) is 3.36. The maximum absolute atomic E-state index is 3.40. The van der Waals surface area contributed by atoms with E-state index >= 15 is 0 Å². The van der Waals surface area contributed by atoms with Gasteiger partial charge in [0.1, 0.15) is 0 Å². The number of H-pyrrole nitrogens is 1. The SMILES string of the molecule is CC(C)(CNCBr)c1c[nH]c2ccccc12. The first kappa shape index (κ1) is 11.7. The molecule has 0 saturated carbocycles. The zero-order valence-corrected chi connectivity index (χ0v) is 11.3. The van der Waals surface area contributed by atoms with Crippen LogP contribution < -0.4 is 5.32 Å². The molecule has 0 saturated heterocycles. The largest absolute Gasteiger partial charge is 0.361 e. The highest BCUT2D eigenvalue weighted by Crippen LogP contribution is 2.29. The third kappa shape index (κ3) is 2.15. The fraction of sp³-hybridized carbons (Fsp3) is 0.385. The zero-order valence-electron chi connectivity index (χ0n) is 9.68. The summed E-state index contributed by atoms with van der Waals surface area (Å²) >= 11 is 3.40. The summed E-state index contributed by atoms with van der Waals surface area (Å²) < 4.78 is 0. The van der Waals surface area contributed by atoms with Crippen LogP contribution in [0.3, 0.4) is 0 Å². The molecule has 2 nitrogen and oxygen atoms in total. The van der Waals surface area contributed by atoms with Gasteiger partial charge in [0.2, 0.25) is 0 Å². The predicted octanol–water partition coefficient (Wildman–Crippen LogP) is 3.39. The van der Waals surface area contributed by atoms with Gasteiger partial charge in [-0.25, -0.2) is 0 Å². The smallest absolute Gasteiger partial charge is 0.0517 e. The highest BCUT2D eigenvalue weighted by molar-refractivity contribution is 9.09. The van der Waals surface area contributed by atoms with E-state index in [0.717, 1.165) is 12.0 Å². The highest BCUT2D eigenvalue weighted by atomic mass is 79.9. The van der Waals surface area contributed by atoms with E-state index in [9.17, 15) is 0 Å². The van der Waals surface area contributed by atoms with E-state index < -0.39 is 0 Å². The van der Waals surface area contributed by atoms with Gasteiger partial charge in [0, 0.05) is 29.1 Å². The molecule has 2 rings (SSSR count). The second kappa shape index (κ2) is 4.60. The van der Waals surface area contributed by atoms with Gasteiger partial charge >= 0.3 is 0 Å². The van der Waals surface area contributed by atoms with Crippen molar-refractivity contribution in [3.8, 4) is 0 Å². The molecule has 0 fully saturated rings. The number of aromatic nitrogens is 1. The lowest BCUT2D eigenvalue weighted by Crippen LogP contribution is -2.32. The third-order valence-electron chi connectivity index (χ3n) is 2.98. The van der Waals surface area contributed by atoms with Crippen molar-refractivity contribution in [3.05, 3.63) is 36.0 Å². The summed E-state index contributed by atoms with van der Waals surface area (Å²) in [5.41, 5.74) is 3.55. The van der Waals surface area contributed by atoms with Gasteiger partial charge in [0.15, 0.2) is 0 Å². The number of nitrogens with one attached hydrogen (secondary N) is 2. The molecule has 1 aromatic heterocycles. The fourth-order valence-corrected chi connectivity index (χ4v) is 2.28. The van der Waals surface area contributed by atoms with Gasteiger partial charge in [0.05, 0.1) is 5.45 Å². The van der Waals surface area contributed by atoms with Gasteiger partial charge in [-0.15, -0.1) is 0 Å². The van der Waals surface area contributed by atoms with Gasteiger partial charge < -0.3 is 10.3 Å². The second-order valence-electron chi connectivity index (χ2n) is 4.69. The van der Waals surface area contributed by atoms with Gasteiger partial charge in [-0.3, -0.25) is 0 Å². The third-order valence-corrected chi connectivity index (χ3v) is 3.38. The Morgan fingerprint density at radius 1 is 1.31 bits per heavy atom. The van der Waals surface area contributed by atoms with Crippen molar-refractivity contribution >= 4 is 26.8 Å². The highest BCUT2D eigenvalue weighted by Gasteiger charge is 2.23. The zero-order chi connectivity index (χ0) is 11.6. The molecular weight excluding hydrogens is 264 g/mol. The second-order valence-corrected chi connectivity index (χ2v) is 5.25. The number of rotatable bonds is 4. The molecule has 0 aliphatic heterocycles. The normalized spacial score (nSPS) is 12.2. The number of benzene rings is 1. The molecule has 1 aromatic carbocycles. The van der Waals surface area contributed by atoms with Crippen LogP contribution in [0, 0.1) is 0 Å². The minimum Gasteiger partial charge on any atom is -0.361 e. The summed E-state index contributed by atoms with van der Waals surface area (Å²) in [7, 11) is 0. The Morgan fingerprint density at radius 3 is 2.81 bits per heavy atom. The van der Waals surface area contributed by atoms with Gasteiger partial charge in [0.25, 0.3) is 0 Å². The quantitative estimate of drug-likeness (QED) is 0.652. The molecule has 0 aliphatic rings. The van der Waals surface area contributed by atoms with Crippen molar-refractivity contribution in [1.29, 1.82) is 0 Å². The standard InChI is InChI=1S/C13H17BrN2/c1-13(2,8-15-9-14)11-7-16-12-6-4-3-5-10(11)12/h3-7,15-16H,8-9H2,1-2H3. The van der Waals surface area contributed by atoms with Crippen LogP contribution in [-0.2, 0) is 5.41 Å². The Bertz CT molecular complexity index is 473. The van der Waals surface area contributed by atoms with E-state index in [2.05, 4.69) is 70.5 Å². The van der Waals surface area contributed by atoms with Crippen molar-refractivity contribution in [3.63, 3.8) is 0 Å². The molecule has 3 heteroatoms. The lowest BCUT2D eigenvalue weighted by molar-refractivity contribution is 0.495. The van der Waals surface area contributed by atoms with Crippen LogP contribution in [0.4, 0.5) is 0 Å². The molecule has 2 aromatic rings. The Balaban J connectivity index is 2.38. The number of halogens is 1. The topological polar surface area (TPSA) is 27.8 Å². The fourth-order valence-electron chi connectivity index (χ4n) is 2.09. The monoisotopic (exact) mass is 280 g/mol. The molecule has 0 aliphatic carbocycles. The first-order valence-electron chi connectivity index (χ1n) is 5.48. The van der Waals surface area contributed by atoms with E-state index in [-0.39, 0.29) is 5.41 Å². The van der Waals surface area contributed by atoms with Crippen molar-refractivity contribution in [2.75, 3.05) is 12.0 Å². The van der Waals surface area contributed by atoms with Gasteiger partial charge in [-0.1, -0.05) is 48.0 Å². The molecule has 2 N–H and O–H groups in total. The molecule has 0 atom stereocenters. The van der Waals surface area contributed by atoms with Crippen LogP contribution in [0.1, 0.15) is 19.4 Å². The summed E-state index contributed by atoms with van der Waals surface area (Å²) in [5.74, 6) is 0. The Morgan fingerprint density at radius 2 is 2.06 bits per heavy atom. The van der Waals surface area contributed by atoms with Crippen molar-refractivity contribution in [2.24, 2.45) is 0 Å². The summed E-state index contributed by atoms with van der Waals surface area (Å²) in [4.78, 5) is 3.33. The number of fused-ring (bicyclic) bond motifs is 1. The molecule has 0 radical (unpaired) electrons. The molecule has 0 amide bonds. The van der Waals surface area contributed by atoms with Crippen molar-refractivity contribution < 1.29 is 0 Å². The summed E-state index contributed by atoms with van der Waals surface area (Å²) in [6.07, 6.45) is 2.13. The molecular formula is C13H17BrN2. The number of alkyl halides is 1. The minimum absolute atomic E-state index is 0.132. The molecule has 86 valence electrons. The van der Waals surface area contributed by atoms with E-state index in [1.165, 1.54) is 16.5 Å². The lowest BCUT2D eigenvalue weighted by atomic mass is 9.84. The maximum Gasteiger partial charge on any atom is 0.0517 e. The minimum atomic E-state index is 0.132. The first-order chi connectivity index (χ1) is 7.65. The Labute approximate surface area is 105 Å². The molecule has 0 bridgehead atoms. The van der Waals surface area contributed by atoms with E-state index in [4.69, 9.17) is 0 Å². The van der Waals surface area contributed by atoms with Crippen LogP contribution in [0.25, 0.3) is 10.9 Å². The van der Waals surface area contributed by atoms with E-state index in [0.29, 0.717) is 0 Å². The maximum atomic E-state index is 3.40. The number of hydrogen-bond acceptors (Lipinski definition) is 1. The summed E-state index contributed by atoms with van der Waals surface area (Å²) in [6.45, 7) is 5.48. The van der Waals surface area contributed by atoms with Crippen molar-refractivity contribution in [2.45, 2.75) is 19.3 Å². The van der Waals surface area contributed by atoms with Crippen LogP contribution in [-0.4, -0.2) is 17.0 Å². The summed E-state index contributed by atoms with van der Waals surface area (Å²) in [5, 5.41) is 4.67. The predicted molar refractivity (Wildman–Crippen MR) is 73.1 cm³/mol.